The highest BCUT2D eigenvalue weighted by Gasteiger charge is 2.24. The van der Waals surface area contributed by atoms with Gasteiger partial charge in [-0.1, -0.05) is 0 Å². The van der Waals surface area contributed by atoms with Gasteiger partial charge >= 0.3 is 0 Å². The zero-order valence-corrected chi connectivity index (χ0v) is 15.8. The number of rotatable bonds is 4. The summed E-state index contributed by atoms with van der Waals surface area (Å²) in [6, 6.07) is 0.430. The number of nitrogens with zero attached hydrogens (tertiary/aromatic N) is 3. The number of hydrogen-bond donors (Lipinski definition) is 1. The zero-order valence-electron chi connectivity index (χ0n) is 13.4. The number of amides is 1. The Bertz CT molecular complexity index is 496. The zero-order chi connectivity index (χ0) is 15.4. The van der Waals surface area contributed by atoms with E-state index in [2.05, 4.69) is 31.2 Å². The van der Waals surface area contributed by atoms with Crippen molar-refractivity contribution in [2.24, 2.45) is 5.92 Å². The Balaban J connectivity index is 0.00000192. The highest BCUT2D eigenvalue weighted by atomic mass is 79.9. The summed E-state index contributed by atoms with van der Waals surface area (Å²) in [5, 5.41) is 7.75. The van der Waals surface area contributed by atoms with Gasteiger partial charge in [-0.15, -0.1) is 12.4 Å². The molecule has 0 radical (unpaired) electrons. The largest absolute Gasteiger partial charge is 0.343 e. The molecule has 2 aliphatic heterocycles. The van der Waals surface area contributed by atoms with E-state index in [1.54, 1.807) is 0 Å². The third-order valence-corrected chi connectivity index (χ3v) is 5.40. The molecule has 7 heteroatoms. The lowest BCUT2D eigenvalue weighted by Gasteiger charge is -2.32. The number of halogens is 2. The van der Waals surface area contributed by atoms with E-state index >= 15 is 0 Å². The minimum absolute atomic E-state index is 0. The van der Waals surface area contributed by atoms with Gasteiger partial charge in [-0.2, -0.15) is 5.10 Å². The van der Waals surface area contributed by atoms with Gasteiger partial charge in [0.05, 0.1) is 16.7 Å². The molecule has 2 saturated heterocycles. The number of carbonyl (C=O) groups excluding carboxylic acids is 1. The third kappa shape index (κ3) is 5.19. The van der Waals surface area contributed by atoms with E-state index in [4.69, 9.17) is 0 Å². The molecule has 23 heavy (non-hydrogen) atoms. The second-order valence-corrected chi connectivity index (χ2v) is 7.40. The van der Waals surface area contributed by atoms with Crippen LogP contribution in [0.2, 0.25) is 0 Å². The molecule has 3 rings (SSSR count). The Labute approximate surface area is 152 Å². The standard InChI is InChI=1S/C16H25BrN4O.ClH/c17-14-11-19-21(12-14)15-5-9-20(10-6-15)16(22)2-1-13-3-7-18-8-4-13;/h11-13,15,18H,1-10H2;1H. The quantitative estimate of drug-likeness (QED) is 0.838. The van der Waals surface area contributed by atoms with Crippen LogP contribution < -0.4 is 5.32 Å². The molecule has 0 atom stereocenters. The van der Waals surface area contributed by atoms with Crippen molar-refractivity contribution in [3.05, 3.63) is 16.9 Å². The van der Waals surface area contributed by atoms with E-state index in [0.717, 1.165) is 62.3 Å². The molecule has 0 spiro atoms. The van der Waals surface area contributed by atoms with Crippen LogP contribution in [0.5, 0.6) is 0 Å². The van der Waals surface area contributed by atoms with Gasteiger partial charge in [-0.05, 0) is 67.0 Å². The summed E-state index contributed by atoms with van der Waals surface area (Å²) in [6.45, 7) is 3.97. The number of hydrogen-bond acceptors (Lipinski definition) is 3. The van der Waals surface area contributed by atoms with Crippen LogP contribution in [0.3, 0.4) is 0 Å². The SMILES string of the molecule is Cl.O=C(CCC1CCNCC1)N1CCC(n2cc(Br)cn2)CC1. The van der Waals surface area contributed by atoms with Crippen LogP contribution >= 0.6 is 28.3 Å². The number of aromatic nitrogens is 2. The minimum atomic E-state index is 0. The summed E-state index contributed by atoms with van der Waals surface area (Å²) in [7, 11) is 0. The average Bonchev–Trinajstić information content (AvgIpc) is 3.00. The fourth-order valence-electron chi connectivity index (χ4n) is 3.55. The topological polar surface area (TPSA) is 50.2 Å². The summed E-state index contributed by atoms with van der Waals surface area (Å²) in [6.07, 6.45) is 10.1. The molecular formula is C16H26BrClN4O. The van der Waals surface area contributed by atoms with Crippen molar-refractivity contribution < 1.29 is 4.79 Å². The third-order valence-electron chi connectivity index (χ3n) is 4.99. The van der Waals surface area contributed by atoms with Gasteiger partial charge in [-0.25, -0.2) is 0 Å². The smallest absolute Gasteiger partial charge is 0.222 e. The molecule has 5 nitrogen and oxygen atoms in total. The second kappa shape index (κ2) is 9.04. The lowest BCUT2D eigenvalue weighted by molar-refractivity contribution is -0.132. The van der Waals surface area contributed by atoms with Crippen molar-refractivity contribution in [1.82, 2.24) is 20.0 Å². The summed E-state index contributed by atoms with van der Waals surface area (Å²) < 4.78 is 3.05. The van der Waals surface area contributed by atoms with Gasteiger partial charge < -0.3 is 10.2 Å². The summed E-state index contributed by atoms with van der Waals surface area (Å²) in [4.78, 5) is 14.4. The molecule has 3 heterocycles. The monoisotopic (exact) mass is 404 g/mol. The first-order valence-corrected chi connectivity index (χ1v) is 9.20. The van der Waals surface area contributed by atoms with E-state index in [9.17, 15) is 4.79 Å². The Morgan fingerprint density at radius 3 is 2.57 bits per heavy atom. The van der Waals surface area contributed by atoms with Gasteiger partial charge in [0.25, 0.3) is 0 Å². The summed E-state index contributed by atoms with van der Waals surface area (Å²) >= 11 is 3.44. The van der Waals surface area contributed by atoms with Gasteiger partial charge in [0, 0.05) is 25.7 Å². The Hall–Kier alpha value is -0.590. The predicted molar refractivity (Wildman–Crippen MR) is 96.9 cm³/mol. The van der Waals surface area contributed by atoms with Crippen molar-refractivity contribution in [2.45, 2.75) is 44.6 Å². The molecule has 1 aromatic heterocycles. The van der Waals surface area contributed by atoms with Gasteiger partial charge in [0.15, 0.2) is 0 Å². The minimum Gasteiger partial charge on any atom is -0.343 e. The number of piperidine rings is 2. The van der Waals surface area contributed by atoms with Gasteiger partial charge in [0.2, 0.25) is 5.91 Å². The van der Waals surface area contributed by atoms with Gasteiger partial charge in [0.1, 0.15) is 0 Å². The Morgan fingerprint density at radius 2 is 1.96 bits per heavy atom. The molecule has 0 unspecified atom stereocenters. The van der Waals surface area contributed by atoms with Crippen LogP contribution in [-0.4, -0.2) is 46.8 Å². The number of nitrogens with one attached hydrogen (secondary N) is 1. The predicted octanol–water partition coefficient (Wildman–Crippen LogP) is 3.01. The van der Waals surface area contributed by atoms with Crippen LogP contribution in [0.1, 0.15) is 44.6 Å². The van der Waals surface area contributed by atoms with Crippen molar-refractivity contribution in [3.63, 3.8) is 0 Å². The molecule has 1 N–H and O–H groups in total. The van der Waals surface area contributed by atoms with E-state index in [1.165, 1.54) is 12.8 Å². The molecule has 0 aromatic carbocycles. The maximum absolute atomic E-state index is 12.4. The van der Waals surface area contributed by atoms with Crippen LogP contribution in [-0.2, 0) is 4.79 Å². The fourth-order valence-corrected chi connectivity index (χ4v) is 3.85. The van der Waals surface area contributed by atoms with Crippen molar-refractivity contribution in [1.29, 1.82) is 0 Å². The first-order chi connectivity index (χ1) is 10.7. The van der Waals surface area contributed by atoms with E-state index in [-0.39, 0.29) is 12.4 Å². The van der Waals surface area contributed by atoms with Crippen molar-refractivity contribution in [3.8, 4) is 0 Å². The van der Waals surface area contributed by atoms with E-state index in [0.29, 0.717) is 11.9 Å². The summed E-state index contributed by atoms with van der Waals surface area (Å²) in [5.74, 6) is 1.09. The van der Waals surface area contributed by atoms with Crippen molar-refractivity contribution in [2.75, 3.05) is 26.2 Å². The average molecular weight is 406 g/mol. The number of carbonyl (C=O) groups is 1. The maximum Gasteiger partial charge on any atom is 0.222 e. The first-order valence-electron chi connectivity index (χ1n) is 8.40. The van der Waals surface area contributed by atoms with E-state index in [1.807, 2.05) is 17.1 Å². The highest BCUT2D eigenvalue weighted by Crippen LogP contribution is 2.25. The van der Waals surface area contributed by atoms with Crippen LogP contribution in [0.4, 0.5) is 0 Å². The Morgan fingerprint density at radius 1 is 1.26 bits per heavy atom. The Kier molecular flexibility index (Phi) is 7.37. The van der Waals surface area contributed by atoms with Crippen LogP contribution in [0.15, 0.2) is 16.9 Å². The van der Waals surface area contributed by atoms with Crippen molar-refractivity contribution >= 4 is 34.2 Å². The molecule has 1 aromatic rings. The van der Waals surface area contributed by atoms with Crippen LogP contribution in [0.25, 0.3) is 0 Å². The molecule has 2 fully saturated rings. The molecule has 0 saturated carbocycles. The molecule has 2 aliphatic rings. The molecule has 1 amide bonds. The molecule has 0 bridgehead atoms. The lowest BCUT2D eigenvalue weighted by Crippen LogP contribution is -2.39. The molecule has 0 aliphatic carbocycles. The van der Waals surface area contributed by atoms with Gasteiger partial charge in [-0.3, -0.25) is 9.48 Å². The molecule has 130 valence electrons. The fraction of sp³-hybridized carbons (Fsp3) is 0.750. The summed E-state index contributed by atoms with van der Waals surface area (Å²) in [5.41, 5.74) is 0. The molecular weight excluding hydrogens is 380 g/mol. The normalized spacial score (nSPS) is 20.3. The lowest BCUT2D eigenvalue weighted by atomic mass is 9.93. The number of likely N-dealkylation sites (tertiary alicyclic amines) is 1. The van der Waals surface area contributed by atoms with E-state index < -0.39 is 0 Å². The highest BCUT2D eigenvalue weighted by molar-refractivity contribution is 9.10. The maximum atomic E-state index is 12.4. The second-order valence-electron chi connectivity index (χ2n) is 6.48. The first kappa shape index (κ1) is 18.7. The van der Waals surface area contributed by atoms with Crippen LogP contribution in [0, 0.1) is 5.92 Å².